The Morgan fingerprint density at radius 1 is 1.47 bits per heavy atom. The van der Waals surface area contributed by atoms with Crippen LogP contribution in [0.4, 0.5) is 0 Å². The second kappa shape index (κ2) is 5.12. The van der Waals surface area contributed by atoms with E-state index in [0.717, 1.165) is 25.9 Å². The molecule has 2 heterocycles. The molecule has 0 radical (unpaired) electrons. The summed E-state index contributed by atoms with van der Waals surface area (Å²) in [5.74, 6) is 0.852. The van der Waals surface area contributed by atoms with Gasteiger partial charge in [-0.05, 0) is 25.2 Å². The number of ether oxygens (including phenoxy) is 1. The van der Waals surface area contributed by atoms with Crippen LogP contribution < -0.4 is 5.32 Å². The summed E-state index contributed by atoms with van der Waals surface area (Å²) in [5.41, 5.74) is 0. The third kappa shape index (κ3) is 2.76. The molecule has 0 aromatic carbocycles. The van der Waals surface area contributed by atoms with Crippen molar-refractivity contribution in [3.05, 3.63) is 0 Å². The Kier molecular flexibility index (Phi) is 3.48. The Hall–Kier alpha value is -1.10. The second-order valence-electron chi connectivity index (χ2n) is 6.15. The van der Waals surface area contributed by atoms with Crippen molar-refractivity contribution in [1.29, 1.82) is 0 Å². The van der Waals surface area contributed by atoms with E-state index in [1.54, 1.807) is 0 Å². The van der Waals surface area contributed by atoms with Crippen molar-refractivity contribution in [3.63, 3.8) is 0 Å². The molecule has 5 nitrogen and oxygen atoms in total. The minimum atomic E-state index is -0.0299. The van der Waals surface area contributed by atoms with Gasteiger partial charge in [0.05, 0.1) is 18.6 Å². The number of nitrogens with zero attached hydrogens (tertiary/aromatic N) is 1. The summed E-state index contributed by atoms with van der Waals surface area (Å²) >= 11 is 0. The largest absolute Gasteiger partial charge is 0.381 e. The van der Waals surface area contributed by atoms with E-state index in [2.05, 4.69) is 12.2 Å². The quantitative estimate of drug-likeness (QED) is 0.811. The number of hydrogen-bond donors (Lipinski definition) is 1. The van der Waals surface area contributed by atoms with Crippen LogP contribution in [0.5, 0.6) is 0 Å². The van der Waals surface area contributed by atoms with Crippen LogP contribution in [-0.4, -0.2) is 48.6 Å². The Balaban J connectivity index is 1.50. The highest BCUT2D eigenvalue weighted by atomic mass is 16.5. The predicted octanol–water partition coefficient (Wildman–Crippen LogP) is 0.538. The summed E-state index contributed by atoms with van der Waals surface area (Å²) in [7, 11) is 0. The fourth-order valence-corrected chi connectivity index (χ4v) is 3.15. The van der Waals surface area contributed by atoms with Crippen LogP contribution in [-0.2, 0) is 14.3 Å². The predicted molar refractivity (Wildman–Crippen MR) is 69.4 cm³/mol. The molecular weight excluding hydrogens is 244 g/mol. The monoisotopic (exact) mass is 266 g/mol. The zero-order chi connectivity index (χ0) is 13.4. The van der Waals surface area contributed by atoms with Crippen LogP contribution in [0.25, 0.3) is 0 Å². The topological polar surface area (TPSA) is 58.6 Å². The summed E-state index contributed by atoms with van der Waals surface area (Å²) in [6.07, 6.45) is 3.43. The van der Waals surface area contributed by atoms with E-state index in [0.29, 0.717) is 31.5 Å². The molecule has 106 valence electrons. The van der Waals surface area contributed by atoms with Crippen LogP contribution in [0, 0.1) is 11.8 Å². The lowest BCUT2D eigenvalue weighted by atomic mass is 10.0. The smallest absolute Gasteiger partial charge is 0.225 e. The standard InChI is InChI=1S/C14H22N2O3/c1-9-5-12(9)16-7-11(6-13(16)17)15-14(18)10-3-2-4-19-8-10/h9-12H,2-8H2,1H3,(H,15,18)/t9-,10+,11+,12+/m1/s1. The Labute approximate surface area is 113 Å². The molecule has 3 rings (SSSR count). The average molecular weight is 266 g/mol. The van der Waals surface area contributed by atoms with Gasteiger partial charge in [0.25, 0.3) is 0 Å². The first-order chi connectivity index (χ1) is 9.15. The molecule has 19 heavy (non-hydrogen) atoms. The van der Waals surface area contributed by atoms with Gasteiger partial charge in [-0.15, -0.1) is 0 Å². The number of carbonyl (C=O) groups is 2. The summed E-state index contributed by atoms with van der Waals surface area (Å²) in [4.78, 5) is 26.0. The van der Waals surface area contributed by atoms with Gasteiger partial charge in [0, 0.05) is 25.6 Å². The minimum Gasteiger partial charge on any atom is -0.381 e. The van der Waals surface area contributed by atoms with E-state index in [4.69, 9.17) is 4.74 Å². The van der Waals surface area contributed by atoms with E-state index in [1.807, 2.05) is 4.90 Å². The minimum absolute atomic E-state index is 0.00488. The van der Waals surface area contributed by atoms with Crippen molar-refractivity contribution < 1.29 is 14.3 Å². The number of hydrogen-bond acceptors (Lipinski definition) is 3. The first-order valence-corrected chi connectivity index (χ1v) is 7.32. The van der Waals surface area contributed by atoms with Crippen LogP contribution >= 0.6 is 0 Å². The third-order valence-corrected chi connectivity index (χ3v) is 4.50. The van der Waals surface area contributed by atoms with E-state index in [9.17, 15) is 9.59 Å². The summed E-state index contributed by atoms with van der Waals surface area (Å²) in [6, 6.07) is 0.419. The van der Waals surface area contributed by atoms with Gasteiger partial charge in [-0.3, -0.25) is 9.59 Å². The zero-order valence-electron chi connectivity index (χ0n) is 11.4. The molecular formula is C14H22N2O3. The maximum atomic E-state index is 12.1. The summed E-state index contributed by atoms with van der Waals surface area (Å²) in [6.45, 7) is 4.14. The molecule has 2 saturated heterocycles. The highest BCUT2D eigenvalue weighted by Gasteiger charge is 2.45. The molecule has 0 unspecified atom stereocenters. The van der Waals surface area contributed by atoms with E-state index < -0.39 is 0 Å². The summed E-state index contributed by atoms with van der Waals surface area (Å²) < 4.78 is 5.33. The molecule has 4 atom stereocenters. The number of likely N-dealkylation sites (tertiary alicyclic amines) is 1. The molecule has 0 aromatic heterocycles. The van der Waals surface area contributed by atoms with Gasteiger partial charge in [0.15, 0.2) is 0 Å². The second-order valence-corrected chi connectivity index (χ2v) is 6.15. The van der Waals surface area contributed by atoms with Gasteiger partial charge in [0.1, 0.15) is 0 Å². The Morgan fingerprint density at radius 3 is 2.89 bits per heavy atom. The van der Waals surface area contributed by atoms with Crippen molar-refractivity contribution in [1.82, 2.24) is 10.2 Å². The number of carbonyl (C=O) groups excluding carboxylic acids is 2. The zero-order valence-corrected chi connectivity index (χ0v) is 11.4. The van der Waals surface area contributed by atoms with Gasteiger partial charge in [0.2, 0.25) is 11.8 Å². The van der Waals surface area contributed by atoms with Gasteiger partial charge in [-0.25, -0.2) is 0 Å². The number of nitrogens with one attached hydrogen (secondary N) is 1. The first kappa shape index (κ1) is 12.9. The molecule has 1 aliphatic carbocycles. The molecule has 1 saturated carbocycles. The normalized spacial score (nSPS) is 38.4. The SMILES string of the molecule is C[C@@H]1C[C@@H]1N1C[C@@H](NC(=O)[C@H]2CCCOC2)CC1=O. The lowest BCUT2D eigenvalue weighted by Gasteiger charge is -2.23. The molecule has 0 bridgehead atoms. The Bertz CT molecular complexity index is 379. The van der Waals surface area contributed by atoms with Crippen molar-refractivity contribution in [2.75, 3.05) is 19.8 Å². The van der Waals surface area contributed by atoms with Crippen LogP contribution in [0.3, 0.4) is 0 Å². The molecule has 0 spiro atoms. The van der Waals surface area contributed by atoms with Crippen molar-refractivity contribution in [2.45, 2.75) is 44.7 Å². The van der Waals surface area contributed by atoms with Crippen molar-refractivity contribution >= 4 is 11.8 Å². The van der Waals surface area contributed by atoms with Crippen molar-refractivity contribution in [3.8, 4) is 0 Å². The third-order valence-electron chi connectivity index (χ3n) is 4.50. The number of rotatable bonds is 3. The van der Waals surface area contributed by atoms with Crippen LogP contribution in [0.1, 0.15) is 32.6 Å². The molecule has 3 aliphatic rings. The fourth-order valence-electron chi connectivity index (χ4n) is 3.15. The van der Waals surface area contributed by atoms with Crippen LogP contribution in [0.15, 0.2) is 0 Å². The molecule has 3 fully saturated rings. The van der Waals surface area contributed by atoms with Crippen molar-refractivity contribution in [2.24, 2.45) is 11.8 Å². The lowest BCUT2D eigenvalue weighted by Crippen LogP contribution is -2.43. The maximum absolute atomic E-state index is 12.1. The molecule has 2 amide bonds. The molecule has 5 heteroatoms. The van der Waals surface area contributed by atoms with Gasteiger partial charge >= 0.3 is 0 Å². The highest BCUT2D eigenvalue weighted by Crippen LogP contribution is 2.37. The molecule has 0 aromatic rings. The lowest BCUT2D eigenvalue weighted by molar-refractivity contribution is -0.129. The number of amides is 2. The van der Waals surface area contributed by atoms with Gasteiger partial charge in [-0.2, -0.15) is 0 Å². The van der Waals surface area contributed by atoms with Gasteiger partial charge in [-0.1, -0.05) is 6.92 Å². The Morgan fingerprint density at radius 2 is 2.26 bits per heavy atom. The summed E-state index contributed by atoms with van der Waals surface area (Å²) in [5, 5.41) is 3.03. The highest BCUT2D eigenvalue weighted by molar-refractivity contribution is 5.83. The van der Waals surface area contributed by atoms with Gasteiger partial charge < -0.3 is 15.0 Å². The van der Waals surface area contributed by atoms with E-state index in [-0.39, 0.29) is 23.8 Å². The first-order valence-electron chi connectivity index (χ1n) is 7.32. The maximum Gasteiger partial charge on any atom is 0.225 e. The average Bonchev–Trinajstić information content (AvgIpc) is 3.02. The molecule has 2 aliphatic heterocycles. The fraction of sp³-hybridized carbons (Fsp3) is 0.857. The van der Waals surface area contributed by atoms with E-state index in [1.165, 1.54) is 0 Å². The molecule has 1 N–H and O–H groups in total. The van der Waals surface area contributed by atoms with Crippen LogP contribution in [0.2, 0.25) is 0 Å². The van der Waals surface area contributed by atoms with E-state index >= 15 is 0 Å².